The molecule has 2 aliphatic rings. The molecule has 10 heteroatoms. The third-order valence-electron chi connectivity index (χ3n) is 10.8. The maximum atomic E-state index is 13.4. The van der Waals surface area contributed by atoms with Crippen LogP contribution in [-0.4, -0.2) is 83.3 Å². The Balaban J connectivity index is 1.03. The predicted molar refractivity (Wildman–Crippen MR) is 192 cm³/mol. The highest BCUT2D eigenvalue weighted by atomic mass is 19.4. The number of benzene rings is 2. The van der Waals surface area contributed by atoms with Crippen molar-refractivity contribution < 1.29 is 22.7 Å². The SMILES string of the molecule is CC(C)N(CCCCCCCN1CC[C@@H](C(C(N)=O)(c2ccccc2)c2ccccc2)C1)C1CCN(Cc2cnccc2OC(F)(F)F)CC1. The first-order chi connectivity index (χ1) is 24.1. The van der Waals surface area contributed by atoms with E-state index < -0.39 is 11.8 Å². The van der Waals surface area contributed by atoms with Gasteiger partial charge >= 0.3 is 6.36 Å². The third kappa shape index (κ3) is 9.65. The van der Waals surface area contributed by atoms with Crippen LogP contribution >= 0.6 is 0 Å². The maximum absolute atomic E-state index is 13.4. The summed E-state index contributed by atoms with van der Waals surface area (Å²) in [6.45, 7) is 10.5. The number of piperidine rings is 1. The normalized spacial score (nSPS) is 18.3. The second-order valence-corrected chi connectivity index (χ2v) is 14.3. The lowest BCUT2D eigenvalue weighted by atomic mass is 9.64. The Kier molecular flexibility index (Phi) is 13.3. The van der Waals surface area contributed by atoms with Gasteiger partial charge in [-0.05, 0) is 102 Å². The van der Waals surface area contributed by atoms with Crippen molar-refractivity contribution in [3.63, 3.8) is 0 Å². The summed E-state index contributed by atoms with van der Waals surface area (Å²) >= 11 is 0. The van der Waals surface area contributed by atoms with Crippen LogP contribution in [0, 0.1) is 5.92 Å². The number of ether oxygens (including phenoxy) is 1. The number of pyridine rings is 1. The Bertz CT molecular complexity index is 1430. The number of hydrogen-bond acceptors (Lipinski definition) is 6. The van der Waals surface area contributed by atoms with E-state index in [0.29, 0.717) is 24.2 Å². The summed E-state index contributed by atoms with van der Waals surface area (Å²) in [5, 5.41) is 0. The second kappa shape index (κ2) is 17.6. The number of nitrogens with two attached hydrogens (primary N) is 1. The molecule has 2 aromatic carbocycles. The van der Waals surface area contributed by atoms with Crippen molar-refractivity contribution in [2.75, 3.05) is 39.3 Å². The van der Waals surface area contributed by atoms with E-state index in [-0.39, 0.29) is 17.6 Å². The number of halogens is 3. The Morgan fingerprint density at radius 2 is 1.48 bits per heavy atom. The van der Waals surface area contributed by atoms with Gasteiger partial charge in [-0.25, -0.2) is 0 Å². The van der Waals surface area contributed by atoms with Crippen LogP contribution in [0.1, 0.15) is 81.9 Å². The summed E-state index contributed by atoms with van der Waals surface area (Å²) in [6, 6.07) is 22.3. The lowest BCUT2D eigenvalue weighted by Gasteiger charge is -2.40. The lowest BCUT2D eigenvalue weighted by molar-refractivity contribution is -0.275. The molecule has 3 aromatic rings. The van der Waals surface area contributed by atoms with Gasteiger partial charge in [-0.1, -0.05) is 79.9 Å². The minimum Gasteiger partial charge on any atom is -0.405 e. The average Bonchev–Trinajstić information content (AvgIpc) is 3.56. The van der Waals surface area contributed by atoms with Gasteiger partial charge < -0.3 is 15.4 Å². The van der Waals surface area contributed by atoms with Gasteiger partial charge in [0, 0.05) is 43.1 Å². The van der Waals surface area contributed by atoms with Gasteiger partial charge in [-0.3, -0.25) is 19.6 Å². The van der Waals surface area contributed by atoms with Gasteiger partial charge in [0.2, 0.25) is 5.91 Å². The van der Waals surface area contributed by atoms with E-state index in [1.807, 2.05) is 60.7 Å². The van der Waals surface area contributed by atoms with Crippen molar-refractivity contribution in [3.8, 4) is 5.75 Å². The summed E-state index contributed by atoms with van der Waals surface area (Å²) in [5.74, 6) is -0.324. The lowest BCUT2D eigenvalue weighted by Crippen LogP contribution is -2.49. The molecule has 0 aliphatic carbocycles. The second-order valence-electron chi connectivity index (χ2n) is 14.3. The Hall–Kier alpha value is -3.47. The van der Waals surface area contributed by atoms with Gasteiger partial charge in [-0.2, -0.15) is 0 Å². The van der Waals surface area contributed by atoms with Crippen LogP contribution in [0.3, 0.4) is 0 Å². The van der Waals surface area contributed by atoms with Crippen molar-refractivity contribution in [2.45, 2.75) is 95.6 Å². The molecule has 0 spiro atoms. The number of rotatable bonds is 17. The molecule has 0 radical (unpaired) electrons. The maximum Gasteiger partial charge on any atom is 0.573 e. The fourth-order valence-corrected chi connectivity index (χ4v) is 8.34. The van der Waals surface area contributed by atoms with Crippen molar-refractivity contribution >= 4 is 5.91 Å². The first-order valence-corrected chi connectivity index (χ1v) is 18.4. The number of aromatic nitrogens is 1. The van der Waals surface area contributed by atoms with Crippen molar-refractivity contribution in [2.24, 2.45) is 11.7 Å². The minimum atomic E-state index is -4.72. The third-order valence-corrected chi connectivity index (χ3v) is 10.8. The fourth-order valence-electron chi connectivity index (χ4n) is 8.34. The van der Waals surface area contributed by atoms with Gasteiger partial charge in [0.25, 0.3) is 0 Å². The van der Waals surface area contributed by atoms with Gasteiger partial charge in [-0.15, -0.1) is 13.2 Å². The first-order valence-electron chi connectivity index (χ1n) is 18.4. The monoisotopic (exact) mass is 693 g/mol. The molecule has 2 aliphatic heterocycles. The molecule has 1 atom stereocenters. The standard InChI is InChI=1S/C40H54F3N5O2/c1-31(2)48(36-20-26-47(27-21-36)29-32-28-45-22-18-37(32)50-40(41,42)43)24-13-5-3-4-12-23-46-25-19-35(30-46)39(38(44)49,33-14-8-6-9-15-33)34-16-10-7-11-17-34/h6-11,14-18,22,28,31,35-36H,3-5,12-13,19-21,23-27,29-30H2,1-2H3,(H2,44,49)/t35-/m1/s1. The first kappa shape index (κ1) is 37.8. The molecule has 0 unspecified atom stereocenters. The molecule has 1 amide bonds. The zero-order valence-electron chi connectivity index (χ0n) is 29.7. The molecule has 7 nitrogen and oxygen atoms in total. The van der Waals surface area contributed by atoms with Crippen molar-refractivity contribution in [1.29, 1.82) is 0 Å². The molecular weight excluding hydrogens is 639 g/mol. The van der Waals surface area contributed by atoms with Crippen molar-refractivity contribution in [3.05, 3.63) is 95.8 Å². The van der Waals surface area contributed by atoms with Crippen LogP contribution < -0.4 is 10.5 Å². The highest BCUT2D eigenvalue weighted by Crippen LogP contribution is 2.43. The largest absolute Gasteiger partial charge is 0.573 e. The number of carbonyl (C=O) groups is 1. The molecule has 2 N–H and O–H groups in total. The molecule has 0 saturated carbocycles. The Labute approximate surface area is 296 Å². The molecular formula is C40H54F3N5O2. The summed E-state index contributed by atoms with van der Waals surface area (Å²) in [4.78, 5) is 24.7. The number of alkyl halides is 3. The van der Waals surface area contributed by atoms with Crippen LogP contribution in [0.15, 0.2) is 79.1 Å². The summed E-state index contributed by atoms with van der Waals surface area (Å²) in [7, 11) is 0. The number of carbonyl (C=O) groups excluding carboxylic acids is 1. The summed E-state index contributed by atoms with van der Waals surface area (Å²) < 4.78 is 42.8. The van der Waals surface area contributed by atoms with Gasteiger partial charge in [0.15, 0.2) is 0 Å². The number of likely N-dealkylation sites (tertiary alicyclic amines) is 2. The highest BCUT2D eigenvalue weighted by Gasteiger charge is 2.49. The molecule has 1 aromatic heterocycles. The van der Waals surface area contributed by atoms with E-state index in [2.05, 4.69) is 38.3 Å². The van der Waals surface area contributed by atoms with E-state index in [4.69, 9.17) is 5.73 Å². The van der Waals surface area contributed by atoms with Crippen molar-refractivity contribution in [1.82, 2.24) is 19.7 Å². The molecule has 50 heavy (non-hydrogen) atoms. The molecule has 3 heterocycles. The zero-order valence-corrected chi connectivity index (χ0v) is 29.7. The number of nitrogens with zero attached hydrogens (tertiary/aromatic N) is 4. The zero-order chi connectivity index (χ0) is 35.6. The van der Waals surface area contributed by atoms with Crippen LogP contribution in [0.2, 0.25) is 0 Å². The van der Waals surface area contributed by atoms with Crippen LogP contribution in [0.5, 0.6) is 5.75 Å². The number of unbranched alkanes of at least 4 members (excludes halogenated alkanes) is 4. The quantitative estimate of drug-likeness (QED) is 0.149. The molecule has 5 rings (SSSR count). The molecule has 272 valence electrons. The molecule has 0 bridgehead atoms. The van der Waals surface area contributed by atoms with E-state index in [0.717, 1.165) is 82.5 Å². The average molecular weight is 694 g/mol. The van der Waals surface area contributed by atoms with Gasteiger partial charge in [0.05, 0.1) is 0 Å². The van der Waals surface area contributed by atoms with E-state index in [9.17, 15) is 18.0 Å². The van der Waals surface area contributed by atoms with E-state index in [1.54, 1.807) is 0 Å². The molecule has 2 fully saturated rings. The van der Waals surface area contributed by atoms with E-state index >= 15 is 0 Å². The predicted octanol–water partition coefficient (Wildman–Crippen LogP) is 7.40. The Morgan fingerprint density at radius 3 is 2.08 bits per heavy atom. The topological polar surface area (TPSA) is 74.9 Å². The smallest absolute Gasteiger partial charge is 0.405 e. The number of hydrogen-bond donors (Lipinski definition) is 1. The summed E-state index contributed by atoms with van der Waals surface area (Å²) in [6.07, 6.45) is 6.91. The van der Waals surface area contributed by atoms with Crippen LogP contribution in [-0.2, 0) is 16.8 Å². The minimum absolute atomic E-state index is 0.120. The van der Waals surface area contributed by atoms with E-state index in [1.165, 1.54) is 37.7 Å². The van der Waals surface area contributed by atoms with Crippen LogP contribution in [0.25, 0.3) is 0 Å². The molecule has 2 saturated heterocycles. The number of amides is 1. The fraction of sp³-hybridized carbons (Fsp3) is 0.550. The van der Waals surface area contributed by atoms with Gasteiger partial charge in [0.1, 0.15) is 11.2 Å². The Morgan fingerprint density at radius 1 is 0.880 bits per heavy atom. The summed E-state index contributed by atoms with van der Waals surface area (Å²) in [5.41, 5.74) is 7.85. The number of primary amides is 1. The van der Waals surface area contributed by atoms with Crippen LogP contribution in [0.4, 0.5) is 13.2 Å². The highest BCUT2D eigenvalue weighted by molar-refractivity contribution is 5.91.